The number of aromatic nitrogens is 6. The summed E-state index contributed by atoms with van der Waals surface area (Å²) in [4.78, 5) is 78.5. The minimum Gasteiger partial charge on any atom is -0.388 e. The van der Waals surface area contributed by atoms with Crippen LogP contribution in [0.5, 0.6) is 0 Å². The predicted octanol–water partition coefficient (Wildman–Crippen LogP) is -1.30. The monoisotopic (exact) mass is 1760 g/mol. The van der Waals surface area contributed by atoms with Gasteiger partial charge in [-0.25, -0.2) is 28.8 Å². The second-order valence-corrected chi connectivity index (χ2v) is 56.2. The van der Waals surface area contributed by atoms with Gasteiger partial charge in [0, 0.05) is 66.5 Å². The number of carbonyl (C=O) groups is 2. The molecule has 10 heterocycles. The lowest BCUT2D eigenvalue weighted by atomic mass is 9.99. The van der Waals surface area contributed by atoms with E-state index in [1.165, 1.54) is 32.9 Å². The first-order chi connectivity index (χ1) is 54.2. The highest BCUT2D eigenvalue weighted by atomic mass is 32.1. The molecule has 41 heteroatoms. The number of aliphatic hydroxyl groups excluding tert-OH is 10. The van der Waals surface area contributed by atoms with Crippen LogP contribution in [-0.2, 0) is 37.0 Å². The van der Waals surface area contributed by atoms with Gasteiger partial charge in [-0.2, -0.15) is 28.2 Å². The van der Waals surface area contributed by atoms with E-state index in [0.29, 0.717) is 71.0 Å². The fourth-order valence-corrected chi connectivity index (χ4v) is 18.3. The number of nitrogens with zero attached hydrogens (tertiary/aromatic N) is 6. The van der Waals surface area contributed by atoms with Gasteiger partial charge in [0.05, 0.1) is 30.5 Å². The molecule has 0 aromatic carbocycles. The third-order valence-electron chi connectivity index (χ3n) is 20.2. The number of hydrogen-bond donors (Lipinski definition) is 18. The maximum absolute atomic E-state index is 12.2. The highest BCUT2D eigenvalue weighted by Crippen LogP contribution is 2.44. The maximum Gasteiger partial charge on any atom is 0.448 e. The van der Waals surface area contributed by atoms with Crippen LogP contribution in [0.15, 0.2) is 104 Å². The standard InChI is InChI=1S/2C16H29N4O5P.C15H25N2O4P.C15H25N2O3PS.C14H23N2O4P/c2*1-5-7-17-9-19-10-20(16(24)18-15(19)23)14-13(22)12(21)11(25-14)6-8-26(2,3)4;1-9-10(8-17(2)15(20)16-9)14-13(19)12(18)11(21-14)6-7-22(3,4)5;1-9-10(8-17(2)15(22)16-9)14-13(19)12(18)11(20-14)6-7-21(3,4)5;1-8-9(7-15-14(19)16-8)13-12(18)11(17)10(20-13)5-6-21(2,3)4/h2*10-14,17,21-22H,2,5-9H2,1,3-4H3;8,11-14,18-19H,1,3,6-7H2,2,4-5H3,(H,16,20);8,11-14,18-19H,1,3,6-7H2,2,4-5H3,(H,16,22);7,10-13,17-18H,1-2,5-6H2,3-4H3,(H2,15,16,19)/p+2/t2*11-,12-,13-,14-;2*11-,12-,13-,14+;10-,11-,12-,13+/m11111/s1. The van der Waals surface area contributed by atoms with Crippen LogP contribution in [0.3, 0.4) is 0 Å². The van der Waals surface area contributed by atoms with Crippen LogP contribution in [0.1, 0.15) is 71.2 Å². The summed E-state index contributed by atoms with van der Waals surface area (Å²) >= 11 is 5.14. The molecule has 8 aliphatic rings. The van der Waals surface area contributed by atoms with Gasteiger partial charge < -0.3 is 106 Å². The Morgan fingerprint density at radius 2 is 0.735 bits per heavy atom. The summed E-state index contributed by atoms with van der Waals surface area (Å²) in [7, 11) is 3.42. The van der Waals surface area contributed by atoms with Gasteiger partial charge in [0.15, 0.2) is 5.11 Å². The number of nitrogens with one attached hydrogen (secondary N) is 8. The van der Waals surface area contributed by atoms with E-state index in [-0.39, 0.29) is 31.5 Å². The minimum atomic E-state index is -1.30. The van der Waals surface area contributed by atoms with Crippen molar-refractivity contribution in [3.05, 3.63) is 127 Å². The number of amides is 4. The van der Waals surface area contributed by atoms with Gasteiger partial charge in [-0.3, -0.25) is 10.6 Å². The lowest BCUT2D eigenvalue weighted by Gasteiger charge is -2.30. The molecule has 2 aromatic rings. The first-order valence-electron chi connectivity index (χ1n) is 38.9. The number of thiocarbonyl (C=S) groups is 1. The molecule has 2 aromatic heterocycles. The van der Waals surface area contributed by atoms with Crippen molar-refractivity contribution in [3.63, 3.8) is 0 Å². The van der Waals surface area contributed by atoms with E-state index in [2.05, 4.69) is 160 Å². The van der Waals surface area contributed by atoms with Crippen LogP contribution in [0, 0.1) is 0 Å². The number of hydrogen-bond acceptors (Lipinski definition) is 24. The Morgan fingerprint density at radius 3 is 1.06 bits per heavy atom. The number of aliphatic hydroxyl groups is 10. The lowest BCUT2D eigenvalue weighted by molar-refractivity contribution is -0.723. The molecule has 8 aliphatic heterocycles. The zero-order valence-electron chi connectivity index (χ0n) is 70.2. The number of urea groups is 2. The molecule has 10 rings (SSSR count). The largest absolute Gasteiger partial charge is 0.448 e. The van der Waals surface area contributed by atoms with Crippen molar-refractivity contribution >= 4 is 95.3 Å². The molecule has 0 radical (unpaired) electrons. The molecule has 0 spiro atoms. The second kappa shape index (κ2) is 43.2. The summed E-state index contributed by atoms with van der Waals surface area (Å²) in [5, 5.41) is 120. The quantitative estimate of drug-likeness (QED) is 0.0204. The fraction of sp³-hybridized carbons (Fsp3) is 0.658. The summed E-state index contributed by atoms with van der Waals surface area (Å²) in [5.41, 5.74) is 0.731. The Balaban J connectivity index is 0.000000228. The van der Waals surface area contributed by atoms with Gasteiger partial charge in [0.25, 0.3) is 0 Å². The highest BCUT2D eigenvalue weighted by Gasteiger charge is 2.51. The molecule has 0 unspecified atom stereocenters. The average molecular weight is 1770 g/mol. The van der Waals surface area contributed by atoms with Crippen molar-refractivity contribution in [2.45, 2.75) is 194 Å². The molecule has 0 saturated carbocycles. The fourth-order valence-electron chi connectivity index (χ4n) is 13.3. The van der Waals surface area contributed by atoms with Gasteiger partial charge in [-0.05, 0) is 168 Å². The summed E-state index contributed by atoms with van der Waals surface area (Å²) in [6, 6.07) is -0.668. The number of aromatic amines is 2. The number of carbonyl (C=O) groups excluding carboxylic acids is 2. The maximum atomic E-state index is 12.2. The van der Waals surface area contributed by atoms with E-state index in [4.69, 9.17) is 35.9 Å². The Kier molecular flexibility index (Phi) is 37.1. The number of H-pyrrole nitrogens is 2. The van der Waals surface area contributed by atoms with Crippen molar-refractivity contribution in [1.29, 1.82) is 0 Å². The van der Waals surface area contributed by atoms with Crippen LogP contribution >= 0.6 is 46.6 Å². The van der Waals surface area contributed by atoms with Crippen molar-refractivity contribution in [2.24, 2.45) is 0 Å². The molecule has 18 N–H and O–H groups in total. The van der Waals surface area contributed by atoms with E-state index in [0.717, 1.165) is 65.9 Å². The number of rotatable bonds is 28. The van der Waals surface area contributed by atoms with E-state index in [9.17, 15) is 79.8 Å². The Hall–Kier alpha value is -5.29. The molecule has 35 nitrogen and oxygen atoms in total. The van der Waals surface area contributed by atoms with Crippen molar-refractivity contribution in [3.8, 4) is 0 Å². The van der Waals surface area contributed by atoms with Gasteiger partial charge in [-0.15, -0.1) is 65.9 Å². The second-order valence-electron chi connectivity index (χ2n) is 34.2. The van der Waals surface area contributed by atoms with E-state index in [1.807, 2.05) is 20.9 Å². The highest BCUT2D eigenvalue weighted by molar-refractivity contribution is 7.80. The van der Waals surface area contributed by atoms with Gasteiger partial charge in [0.2, 0.25) is 25.1 Å². The summed E-state index contributed by atoms with van der Waals surface area (Å²) in [6.07, 6.45) is 20.3. The van der Waals surface area contributed by atoms with Crippen molar-refractivity contribution in [1.82, 2.24) is 60.8 Å². The molecule has 662 valence electrons. The van der Waals surface area contributed by atoms with Crippen molar-refractivity contribution in [2.75, 3.05) is 125 Å². The normalized spacial score (nSPS) is 30.1. The lowest BCUT2D eigenvalue weighted by Crippen LogP contribution is -2.60. The Labute approximate surface area is 691 Å². The molecule has 0 bridgehead atoms. The van der Waals surface area contributed by atoms with Crippen LogP contribution < -0.4 is 63.8 Å². The third-order valence-corrected chi connectivity index (χ3v) is 27.9. The summed E-state index contributed by atoms with van der Waals surface area (Å²) in [5.74, 6) is 0. The van der Waals surface area contributed by atoms with E-state index in [1.54, 1.807) is 24.3 Å². The molecule has 5 saturated heterocycles. The predicted molar refractivity (Wildman–Crippen MR) is 473 cm³/mol. The zero-order valence-corrected chi connectivity index (χ0v) is 75.5. The van der Waals surface area contributed by atoms with Crippen LogP contribution in [-0.4, -0.2) is 363 Å². The third kappa shape index (κ3) is 29.2. The van der Waals surface area contributed by atoms with Gasteiger partial charge >= 0.3 is 34.8 Å². The molecule has 0 aliphatic carbocycles. The average Bonchev–Trinajstić information content (AvgIpc) is 1.51. The van der Waals surface area contributed by atoms with Crippen molar-refractivity contribution < 1.29 is 93.5 Å². The van der Waals surface area contributed by atoms with Gasteiger partial charge in [-0.1, -0.05) is 33.6 Å². The van der Waals surface area contributed by atoms with E-state index >= 15 is 0 Å². The molecular formula is C76H133N14O21P5S+2. The molecule has 20 atom stereocenters. The zero-order chi connectivity index (χ0) is 88.1. The minimum absolute atomic E-state index is 0.221. The van der Waals surface area contributed by atoms with Crippen LogP contribution in [0.2, 0.25) is 0 Å². The first kappa shape index (κ1) is 101. The molecular weight excluding hydrogens is 1630 g/mol. The molecule has 4 amide bonds. The molecule has 117 heavy (non-hydrogen) atoms. The number of ether oxygens (including phenoxy) is 5. The van der Waals surface area contributed by atoms with Gasteiger partial charge in [0.1, 0.15) is 92.7 Å². The molecule has 5 fully saturated rings. The van der Waals surface area contributed by atoms with E-state index < -0.39 is 173 Å². The Morgan fingerprint density at radius 1 is 0.436 bits per heavy atom. The van der Waals surface area contributed by atoms with Crippen LogP contribution in [0.4, 0.5) is 9.59 Å². The van der Waals surface area contributed by atoms with Crippen LogP contribution in [0.25, 0.3) is 0 Å². The summed E-state index contributed by atoms with van der Waals surface area (Å²) < 4.78 is 33.9. The summed E-state index contributed by atoms with van der Waals surface area (Å²) in [6.45, 7) is 32.2. The SMILES string of the molecule is C=C1NC(=O)N(C)C=C1[C@@H]1O[C@H](CCP(=C)(C)C)[C@@H](O)[C@H]1O.C=C1NC(=O)NC=C1[C@@H]1O[C@H](CCP(=C)(C)C)[C@@H](O)[C@H]1O.C=C1NC(=S)N(C)C=C1[C@@H]1O[C@H](CCP(=C)(C)C)[C@@H](O)[C@H]1O.C=P(C)(C)CC[C@H]1O[C@@H](n2c[n+](CNCCC)c(=O)[nH]c2=O)[C@H](O)[C@@H]1O.C=P(C)(C)CC[C@H]1O[C@@H](n2c[n+](CNCCC)c(=O)[nH]c2=O)[C@H](O)[C@@H]1O. The topological polar surface area (TPSA) is 479 Å². The first-order valence-corrected chi connectivity index (χ1v) is 54.6. The smallest absolute Gasteiger partial charge is 0.388 e. The Bertz CT molecular complexity index is 4220.